The van der Waals surface area contributed by atoms with Gasteiger partial charge in [-0.05, 0) is 18.2 Å². The highest BCUT2D eigenvalue weighted by Gasteiger charge is 2.17. The number of carboxylic acids is 1. The van der Waals surface area contributed by atoms with Crippen LogP contribution in [-0.2, 0) is 0 Å². The number of methoxy groups -OCH3 is 2. The van der Waals surface area contributed by atoms with Crippen LogP contribution in [0.15, 0.2) is 46.9 Å². The first-order chi connectivity index (χ1) is 12.0. The van der Waals surface area contributed by atoms with Crippen molar-refractivity contribution in [3.63, 3.8) is 0 Å². The van der Waals surface area contributed by atoms with Crippen LogP contribution in [0.4, 0.5) is 5.69 Å². The topological polar surface area (TPSA) is 101 Å². The van der Waals surface area contributed by atoms with Crippen LogP contribution < -0.4 is 19.9 Å². The first kappa shape index (κ1) is 16.4. The highest BCUT2D eigenvalue weighted by molar-refractivity contribution is 6.08. The third kappa shape index (κ3) is 3.12. The number of hydrogen-bond donors (Lipinski definition) is 1. The van der Waals surface area contributed by atoms with Gasteiger partial charge >= 0.3 is 0 Å². The summed E-state index contributed by atoms with van der Waals surface area (Å²) in [5.74, 6) is -1.51. The molecule has 1 N–H and O–H groups in total. The van der Waals surface area contributed by atoms with Crippen LogP contribution in [0, 0.1) is 0 Å². The molecule has 1 heterocycles. The summed E-state index contributed by atoms with van der Waals surface area (Å²) in [4.78, 5) is 23.8. The Hall–Kier alpha value is -3.48. The number of carbonyl (C=O) groups is 2. The standard InChI is InChI=1S/C18H15NO6/c1-23-14-8-11(18(21)22)12(9-15(14)24-2)19-17(20)16-7-10-5-3-4-6-13(10)25-16/h3-9H,1-2H3,(H,19,20)(H,21,22)/p-1. The van der Waals surface area contributed by atoms with Gasteiger partial charge in [-0.1, -0.05) is 18.2 Å². The van der Waals surface area contributed by atoms with Crippen molar-refractivity contribution in [2.75, 3.05) is 19.5 Å². The molecular weight excluding hydrogens is 326 g/mol. The van der Waals surface area contributed by atoms with Gasteiger partial charge in [0.25, 0.3) is 5.91 Å². The van der Waals surface area contributed by atoms with Crippen LogP contribution in [0.2, 0.25) is 0 Å². The fourth-order valence-corrected chi connectivity index (χ4v) is 2.43. The fourth-order valence-electron chi connectivity index (χ4n) is 2.43. The number of nitrogens with one attached hydrogen (secondary N) is 1. The van der Waals surface area contributed by atoms with Crippen molar-refractivity contribution in [2.45, 2.75) is 0 Å². The number of rotatable bonds is 5. The van der Waals surface area contributed by atoms with E-state index in [1.807, 2.05) is 6.07 Å². The molecular formula is C18H14NO6-. The average molecular weight is 340 g/mol. The molecule has 0 aliphatic carbocycles. The van der Waals surface area contributed by atoms with Crippen LogP contribution in [0.3, 0.4) is 0 Å². The average Bonchev–Trinajstić information content (AvgIpc) is 3.05. The summed E-state index contributed by atoms with van der Waals surface area (Å²) in [6.07, 6.45) is 0. The number of para-hydroxylation sites is 1. The lowest BCUT2D eigenvalue weighted by atomic mass is 10.1. The summed E-state index contributed by atoms with van der Waals surface area (Å²) in [5.41, 5.74) is 0.338. The minimum atomic E-state index is -1.46. The normalized spacial score (nSPS) is 10.5. The summed E-state index contributed by atoms with van der Waals surface area (Å²) in [6, 6.07) is 11.3. The van der Waals surface area contributed by atoms with E-state index in [4.69, 9.17) is 13.9 Å². The Labute approximate surface area is 142 Å². The zero-order valence-electron chi connectivity index (χ0n) is 13.5. The molecule has 0 radical (unpaired) electrons. The fraction of sp³-hybridized carbons (Fsp3) is 0.111. The number of carboxylic acid groups (broad SMARTS) is 1. The first-order valence-electron chi connectivity index (χ1n) is 7.30. The Balaban J connectivity index is 1.98. The summed E-state index contributed by atoms with van der Waals surface area (Å²) in [7, 11) is 2.78. The number of furan rings is 1. The van der Waals surface area contributed by atoms with Crippen LogP contribution in [0.1, 0.15) is 20.9 Å². The van der Waals surface area contributed by atoms with Crippen LogP contribution in [0.25, 0.3) is 11.0 Å². The van der Waals surface area contributed by atoms with Crippen molar-refractivity contribution in [3.8, 4) is 11.5 Å². The number of fused-ring (bicyclic) bond motifs is 1. The van der Waals surface area contributed by atoms with Crippen molar-refractivity contribution in [1.82, 2.24) is 0 Å². The molecule has 0 atom stereocenters. The number of aromatic carboxylic acids is 1. The van der Waals surface area contributed by atoms with Crippen molar-refractivity contribution < 1.29 is 28.6 Å². The molecule has 0 spiro atoms. The van der Waals surface area contributed by atoms with Gasteiger partial charge in [-0.2, -0.15) is 0 Å². The molecule has 1 aromatic heterocycles. The van der Waals surface area contributed by atoms with E-state index in [0.29, 0.717) is 5.58 Å². The molecule has 128 valence electrons. The molecule has 0 aliphatic heterocycles. The van der Waals surface area contributed by atoms with Crippen LogP contribution in [-0.4, -0.2) is 26.1 Å². The lowest BCUT2D eigenvalue weighted by Gasteiger charge is -2.15. The van der Waals surface area contributed by atoms with Gasteiger partial charge < -0.3 is 29.1 Å². The predicted octanol–water partition coefficient (Wildman–Crippen LogP) is 2.07. The van der Waals surface area contributed by atoms with Gasteiger partial charge in [-0.25, -0.2) is 0 Å². The molecule has 0 saturated carbocycles. The Bertz CT molecular complexity index is 926. The highest BCUT2D eigenvalue weighted by atomic mass is 16.5. The third-order valence-corrected chi connectivity index (χ3v) is 3.64. The Kier molecular flexibility index (Phi) is 4.30. The SMILES string of the molecule is COc1cc(NC(=O)c2cc3ccccc3o2)c(C(=O)[O-])cc1OC. The highest BCUT2D eigenvalue weighted by Crippen LogP contribution is 2.33. The van der Waals surface area contributed by atoms with E-state index in [2.05, 4.69) is 5.32 Å². The zero-order valence-corrected chi connectivity index (χ0v) is 13.5. The van der Waals surface area contributed by atoms with E-state index in [-0.39, 0.29) is 28.5 Å². The summed E-state index contributed by atoms with van der Waals surface area (Å²) in [5, 5.41) is 14.6. The molecule has 7 nitrogen and oxygen atoms in total. The molecule has 0 unspecified atom stereocenters. The van der Waals surface area contributed by atoms with Crippen molar-refractivity contribution in [1.29, 1.82) is 0 Å². The van der Waals surface area contributed by atoms with E-state index in [1.54, 1.807) is 24.3 Å². The third-order valence-electron chi connectivity index (χ3n) is 3.64. The Morgan fingerprint density at radius 3 is 2.36 bits per heavy atom. The van der Waals surface area contributed by atoms with Crippen LogP contribution >= 0.6 is 0 Å². The molecule has 0 saturated heterocycles. The number of anilines is 1. The Morgan fingerprint density at radius 1 is 1.04 bits per heavy atom. The van der Waals surface area contributed by atoms with Crippen LogP contribution in [0.5, 0.6) is 11.5 Å². The number of benzene rings is 2. The minimum Gasteiger partial charge on any atom is -0.545 e. The lowest BCUT2D eigenvalue weighted by Crippen LogP contribution is -2.25. The summed E-state index contributed by atoms with van der Waals surface area (Å²) in [6.45, 7) is 0. The van der Waals surface area contributed by atoms with Crippen molar-refractivity contribution in [3.05, 3.63) is 53.8 Å². The number of ether oxygens (including phenoxy) is 2. The van der Waals surface area contributed by atoms with E-state index in [9.17, 15) is 14.7 Å². The van der Waals surface area contributed by atoms with Gasteiger partial charge in [-0.3, -0.25) is 4.79 Å². The van der Waals surface area contributed by atoms with Gasteiger partial charge in [0.1, 0.15) is 5.58 Å². The second kappa shape index (κ2) is 6.56. The second-order valence-electron chi connectivity index (χ2n) is 5.14. The maximum Gasteiger partial charge on any atom is 0.291 e. The molecule has 0 aliphatic rings. The Morgan fingerprint density at radius 2 is 1.72 bits per heavy atom. The van der Waals surface area contributed by atoms with E-state index < -0.39 is 11.9 Å². The maximum absolute atomic E-state index is 12.4. The quantitative estimate of drug-likeness (QED) is 0.763. The minimum absolute atomic E-state index is 0.0168. The van der Waals surface area contributed by atoms with E-state index >= 15 is 0 Å². The summed E-state index contributed by atoms with van der Waals surface area (Å²) < 4.78 is 15.7. The molecule has 3 aromatic rings. The van der Waals surface area contributed by atoms with E-state index in [1.165, 1.54) is 26.4 Å². The predicted molar refractivity (Wildman–Crippen MR) is 88.0 cm³/mol. The largest absolute Gasteiger partial charge is 0.545 e. The molecule has 7 heteroatoms. The number of carbonyl (C=O) groups excluding carboxylic acids is 2. The summed E-state index contributed by atoms with van der Waals surface area (Å²) >= 11 is 0. The number of hydrogen-bond acceptors (Lipinski definition) is 6. The van der Waals surface area contributed by atoms with Gasteiger partial charge in [0.15, 0.2) is 17.3 Å². The van der Waals surface area contributed by atoms with Gasteiger partial charge in [0.2, 0.25) is 0 Å². The second-order valence-corrected chi connectivity index (χ2v) is 5.14. The number of amides is 1. The maximum atomic E-state index is 12.4. The van der Waals surface area contributed by atoms with Gasteiger partial charge in [-0.15, -0.1) is 0 Å². The molecule has 1 amide bonds. The molecule has 2 aromatic carbocycles. The molecule has 0 bridgehead atoms. The molecule has 25 heavy (non-hydrogen) atoms. The smallest absolute Gasteiger partial charge is 0.291 e. The first-order valence-corrected chi connectivity index (χ1v) is 7.30. The van der Waals surface area contributed by atoms with E-state index in [0.717, 1.165) is 5.39 Å². The molecule has 0 fully saturated rings. The van der Waals surface area contributed by atoms with Crippen molar-refractivity contribution in [2.24, 2.45) is 0 Å². The van der Waals surface area contributed by atoms with Gasteiger partial charge in [0.05, 0.1) is 25.9 Å². The zero-order chi connectivity index (χ0) is 18.0. The lowest BCUT2D eigenvalue weighted by molar-refractivity contribution is -0.254. The molecule has 3 rings (SSSR count). The van der Waals surface area contributed by atoms with Crippen molar-refractivity contribution >= 4 is 28.5 Å². The monoisotopic (exact) mass is 340 g/mol. The van der Waals surface area contributed by atoms with Gasteiger partial charge in [0, 0.05) is 17.0 Å².